The van der Waals surface area contributed by atoms with Gasteiger partial charge in [0, 0.05) is 12.8 Å². The van der Waals surface area contributed by atoms with Crippen LogP contribution in [0.5, 0.6) is 0 Å². The molecule has 0 spiro atoms. The van der Waals surface area contributed by atoms with Crippen molar-refractivity contribution in [3.8, 4) is 0 Å². The van der Waals surface area contributed by atoms with Gasteiger partial charge in [-0.25, -0.2) is 8.42 Å². The first-order valence-electron chi connectivity index (χ1n) is 11.7. The van der Waals surface area contributed by atoms with Gasteiger partial charge in [0.2, 0.25) is 0 Å². The standard InChI is InChI=1S/C22H42OPSi.CHF3O3S/c1-7-10-18-24(19-11-8-2,20-12-9-3)22(23-25(4,5)6)21-16-14-13-15-17-21;2-1(3,4)8(5,6)7/h13-17,22H,7-12,18-20H2,1-6H3;(H,5,6,7)/q+1;/p-1. The normalized spacial score (nSPS) is 13.9. The maximum Gasteiger partial charge on any atom is 0.485 e. The summed E-state index contributed by atoms with van der Waals surface area (Å²) in [5, 5.41) is 0. The number of unbranched alkanes of at least 4 members (excludes halogenated alkanes) is 3. The molecule has 1 unspecified atom stereocenters. The summed E-state index contributed by atoms with van der Waals surface area (Å²) >= 11 is 0. The lowest BCUT2D eigenvalue weighted by atomic mass is 10.2. The Labute approximate surface area is 200 Å². The zero-order valence-corrected chi connectivity index (χ0v) is 23.7. The van der Waals surface area contributed by atoms with E-state index in [1.54, 1.807) is 0 Å². The van der Waals surface area contributed by atoms with E-state index in [4.69, 9.17) is 17.4 Å². The van der Waals surface area contributed by atoms with E-state index in [1.165, 1.54) is 62.6 Å². The summed E-state index contributed by atoms with van der Waals surface area (Å²) in [6.07, 6.45) is 12.2. The van der Waals surface area contributed by atoms with Gasteiger partial charge in [-0.3, -0.25) is 0 Å². The van der Waals surface area contributed by atoms with Crippen molar-refractivity contribution in [2.45, 2.75) is 90.3 Å². The van der Waals surface area contributed by atoms with Gasteiger partial charge in [0.25, 0.3) is 0 Å². The van der Waals surface area contributed by atoms with Crippen molar-refractivity contribution in [1.82, 2.24) is 0 Å². The van der Waals surface area contributed by atoms with Crippen LogP contribution in [0.2, 0.25) is 19.6 Å². The highest BCUT2D eigenvalue weighted by molar-refractivity contribution is 7.86. The molecular weight excluding hydrogens is 488 g/mol. The lowest BCUT2D eigenvalue weighted by Crippen LogP contribution is -2.31. The van der Waals surface area contributed by atoms with E-state index in [0.717, 1.165) is 0 Å². The molecule has 0 saturated heterocycles. The minimum absolute atomic E-state index is 0.366. The maximum absolute atomic E-state index is 10.7. The van der Waals surface area contributed by atoms with Crippen LogP contribution in [0.15, 0.2) is 30.3 Å². The molecule has 1 aromatic rings. The number of benzene rings is 1. The van der Waals surface area contributed by atoms with Crippen molar-refractivity contribution >= 4 is 25.7 Å². The van der Waals surface area contributed by atoms with Crippen LogP contribution in [0.25, 0.3) is 0 Å². The summed E-state index contributed by atoms with van der Waals surface area (Å²) < 4.78 is 65.9. The molecule has 1 aromatic carbocycles. The summed E-state index contributed by atoms with van der Waals surface area (Å²) in [4.78, 5) is 0. The van der Waals surface area contributed by atoms with Crippen molar-refractivity contribution in [3.63, 3.8) is 0 Å². The fourth-order valence-electron chi connectivity index (χ4n) is 3.55. The zero-order valence-electron chi connectivity index (χ0n) is 21.0. The van der Waals surface area contributed by atoms with Crippen molar-refractivity contribution in [1.29, 1.82) is 0 Å². The van der Waals surface area contributed by atoms with E-state index in [2.05, 4.69) is 70.7 Å². The van der Waals surface area contributed by atoms with Gasteiger partial charge in [-0.15, -0.1) is 0 Å². The third-order valence-electron chi connectivity index (χ3n) is 5.20. The van der Waals surface area contributed by atoms with E-state index in [-0.39, 0.29) is 0 Å². The SMILES string of the molecule is CCCC[P+](CCCC)(CCCC)C(O[Si](C)(C)C)c1ccccc1.O=S(=O)([O-])C(F)(F)F. The van der Waals surface area contributed by atoms with Gasteiger partial charge in [0.05, 0.1) is 18.5 Å². The molecular formula is C23H42F3O4PSSi. The Kier molecular flexibility index (Phi) is 14.6. The van der Waals surface area contributed by atoms with Crippen LogP contribution in [0.4, 0.5) is 13.2 Å². The van der Waals surface area contributed by atoms with Crippen molar-refractivity contribution in [2.75, 3.05) is 18.5 Å². The first-order chi connectivity index (χ1) is 15.1. The van der Waals surface area contributed by atoms with Crippen LogP contribution < -0.4 is 0 Å². The molecule has 0 fully saturated rings. The van der Waals surface area contributed by atoms with E-state index >= 15 is 0 Å². The lowest BCUT2D eigenvalue weighted by Gasteiger charge is -2.38. The summed E-state index contributed by atoms with van der Waals surface area (Å²) in [5.41, 5.74) is -4.20. The predicted molar refractivity (Wildman–Crippen MR) is 136 cm³/mol. The quantitative estimate of drug-likeness (QED) is 0.112. The molecule has 0 amide bonds. The first-order valence-corrected chi connectivity index (χ1v) is 19.0. The van der Waals surface area contributed by atoms with Crippen molar-refractivity contribution in [2.24, 2.45) is 0 Å². The third-order valence-corrected chi connectivity index (χ3v) is 11.9. The van der Waals surface area contributed by atoms with Crippen LogP contribution in [0, 0.1) is 0 Å². The molecule has 0 aromatic heterocycles. The minimum Gasteiger partial charge on any atom is -0.741 e. The van der Waals surface area contributed by atoms with Gasteiger partial charge in [0.15, 0.2) is 24.3 Å². The summed E-state index contributed by atoms with van der Waals surface area (Å²) in [7, 11) is -8.85. The number of hydrogen-bond donors (Lipinski definition) is 0. The Morgan fingerprint density at radius 2 is 1.27 bits per heavy atom. The topological polar surface area (TPSA) is 66.4 Å². The van der Waals surface area contributed by atoms with Gasteiger partial charge in [-0.05, 0) is 38.9 Å². The van der Waals surface area contributed by atoms with Crippen LogP contribution in [0.1, 0.15) is 70.7 Å². The van der Waals surface area contributed by atoms with Crippen LogP contribution in [-0.2, 0) is 14.5 Å². The second-order valence-corrected chi connectivity index (χ2v) is 19.4. The highest BCUT2D eigenvalue weighted by Gasteiger charge is 2.47. The summed E-state index contributed by atoms with van der Waals surface area (Å²) in [6, 6.07) is 11.2. The zero-order chi connectivity index (χ0) is 25.8. The molecule has 0 saturated carbocycles. The second kappa shape index (κ2) is 14.8. The fourth-order valence-corrected chi connectivity index (χ4v) is 11.2. The molecule has 0 bridgehead atoms. The summed E-state index contributed by atoms with van der Waals surface area (Å²) in [5.74, 6) is 0.366. The predicted octanol–water partition coefficient (Wildman–Crippen LogP) is 8.01. The Balaban J connectivity index is 0.00000109. The van der Waals surface area contributed by atoms with E-state index < -0.39 is 31.2 Å². The Bertz CT molecular complexity index is 731. The maximum atomic E-state index is 10.7. The number of rotatable bonds is 13. The molecule has 1 rings (SSSR count). The third kappa shape index (κ3) is 12.7. The molecule has 1 atom stereocenters. The highest BCUT2D eigenvalue weighted by atomic mass is 32.2. The van der Waals surface area contributed by atoms with Crippen LogP contribution in [-0.4, -0.2) is 45.3 Å². The van der Waals surface area contributed by atoms with Crippen LogP contribution in [0.3, 0.4) is 0 Å². The Hall–Kier alpha value is -0.473. The number of alkyl halides is 3. The molecule has 4 nitrogen and oxygen atoms in total. The molecule has 0 heterocycles. The molecule has 0 aliphatic carbocycles. The largest absolute Gasteiger partial charge is 0.741 e. The summed E-state index contributed by atoms with van der Waals surface area (Å²) in [6.45, 7) is 14.1. The van der Waals surface area contributed by atoms with E-state index in [1.807, 2.05) is 0 Å². The molecule has 0 aliphatic heterocycles. The fraction of sp³-hybridized carbons (Fsp3) is 0.739. The van der Waals surface area contributed by atoms with Crippen molar-refractivity contribution < 1.29 is 30.6 Å². The minimum atomic E-state index is -6.09. The van der Waals surface area contributed by atoms with Gasteiger partial charge in [-0.2, -0.15) is 13.2 Å². The number of hydrogen-bond acceptors (Lipinski definition) is 4. The van der Waals surface area contributed by atoms with Gasteiger partial charge < -0.3 is 8.98 Å². The molecule has 33 heavy (non-hydrogen) atoms. The van der Waals surface area contributed by atoms with Gasteiger partial charge in [0.1, 0.15) is 0 Å². The van der Waals surface area contributed by atoms with Gasteiger partial charge in [-0.1, -0.05) is 70.4 Å². The smallest absolute Gasteiger partial charge is 0.485 e. The second-order valence-electron chi connectivity index (χ2n) is 9.34. The average molecular weight is 531 g/mol. The molecule has 194 valence electrons. The molecule has 0 aliphatic rings. The van der Waals surface area contributed by atoms with Gasteiger partial charge >= 0.3 is 5.51 Å². The average Bonchev–Trinajstić information content (AvgIpc) is 2.71. The lowest BCUT2D eigenvalue weighted by molar-refractivity contribution is -0.0517. The Morgan fingerprint density at radius 3 is 1.55 bits per heavy atom. The molecule has 0 N–H and O–H groups in total. The number of halogens is 3. The van der Waals surface area contributed by atoms with E-state index in [9.17, 15) is 13.2 Å². The Morgan fingerprint density at radius 1 is 0.909 bits per heavy atom. The van der Waals surface area contributed by atoms with E-state index in [0.29, 0.717) is 5.85 Å². The molecule has 10 heteroatoms. The van der Waals surface area contributed by atoms with Crippen LogP contribution >= 0.6 is 7.26 Å². The monoisotopic (exact) mass is 530 g/mol. The first kappa shape index (κ1) is 32.5. The molecule has 0 radical (unpaired) electrons. The highest BCUT2D eigenvalue weighted by Crippen LogP contribution is 2.71. The van der Waals surface area contributed by atoms with Crippen molar-refractivity contribution in [3.05, 3.63) is 35.9 Å².